The summed E-state index contributed by atoms with van der Waals surface area (Å²) in [5, 5.41) is 9.06. The topological polar surface area (TPSA) is 57.6 Å². The van der Waals surface area contributed by atoms with Crippen LogP contribution in [0.1, 0.15) is 23.2 Å². The summed E-state index contributed by atoms with van der Waals surface area (Å²) < 4.78 is 0. The lowest BCUT2D eigenvalue weighted by atomic mass is 10.1. The van der Waals surface area contributed by atoms with Crippen LogP contribution < -0.4 is 0 Å². The third-order valence-electron chi connectivity index (χ3n) is 2.25. The Balaban J connectivity index is 2.53. The highest BCUT2D eigenvalue weighted by Crippen LogP contribution is 2.12. The molecule has 86 valence electrons. The first-order chi connectivity index (χ1) is 7.50. The van der Waals surface area contributed by atoms with Gasteiger partial charge in [-0.15, -0.1) is 0 Å². The van der Waals surface area contributed by atoms with Crippen molar-refractivity contribution >= 4 is 11.7 Å². The summed E-state index contributed by atoms with van der Waals surface area (Å²) in [4.78, 5) is 24.4. The van der Waals surface area contributed by atoms with Crippen LogP contribution in [-0.4, -0.2) is 35.8 Å². The van der Waals surface area contributed by atoms with E-state index in [1.54, 1.807) is 26.2 Å². The number of amides is 1. The predicted octanol–water partition coefficient (Wildman–Crippen LogP) is 1.44. The zero-order valence-corrected chi connectivity index (χ0v) is 9.43. The van der Waals surface area contributed by atoms with Gasteiger partial charge in [0.05, 0.1) is 0 Å². The van der Waals surface area contributed by atoms with Gasteiger partial charge in [-0.3, -0.25) is 9.59 Å². The number of carbonyl (C=O) groups excluding carboxylic acids is 2. The average molecular weight is 221 g/mol. The number of phenols is 1. The highest BCUT2D eigenvalue weighted by molar-refractivity contribution is 5.97. The Labute approximate surface area is 94.5 Å². The molecule has 1 rings (SSSR count). The van der Waals surface area contributed by atoms with Crippen molar-refractivity contribution in [1.82, 2.24) is 4.90 Å². The van der Waals surface area contributed by atoms with E-state index in [4.69, 9.17) is 5.11 Å². The van der Waals surface area contributed by atoms with Crippen LogP contribution in [-0.2, 0) is 4.79 Å². The molecule has 0 aromatic heterocycles. The number of hydrogen-bond acceptors (Lipinski definition) is 3. The predicted molar refractivity (Wildman–Crippen MR) is 60.4 cm³/mol. The van der Waals surface area contributed by atoms with Gasteiger partial charge in [0.15, 0.2) is 5.78 Å². The van der Waals surface area contributed by atoms with Crippen LogP contribution >= 0.6 is 0 Å². The monoisotopic (exact) mass is 221 g/mol. The Morgan fingerprint density at radius 3 is 2.19 bits per heavy atom. The van der Waals surface area contributed by atoms with Gasteiger partial charge < -0.3 is 10.0 Å². The molecular formula is C12H15NO3. The molecule has 4 nitrogen and oxygen atoms in total. The van der Waals surface area contributed by atoms with Gasteiger partial charge in [-0.2, -0.15) is 0 Å². The maximum atomic E-state index is 11.6. The summed E-state index contributed by atoms with van der Waals surface area (Å²) in [6.45, 7) is 0. The molecule has 1 amide bonds. The van der Waals surface area contributed by atoms with Gasteiger partial charge in [0.2, 0.25) is 5.91 Å². The Bertz CT molecular complexity index is 382. The fraction of sp³-hybridized carbons (Fsp3) is 0.333. The van der Waals surface area contributed by atoms with Crippen molar-refractivity contribution in [3.05, 3.63) is 29.8 Å². The van der Waals surface area contributed by atoms with Crippen LogP contribution in [0.15, 0.2) is 24.3 Å². The van der Waals surface area contributed by atoms with Crippen molar-refractivity contribution in [2.75, 3.05) is 14.1 Å². The molecule has 0 aliphatic carbocycles. The van der Waals surface area contributed by atoms with Crippen molar-refractivity contribution in [3.63, 3.8) is 0 Å². The maximum Gasteiger partial charge on any atom is 0.222 e. The number of rotatable bonds is 4. The maximum absolute atomic E-state index is 11.6. The molecule has 0 bridgehead atoms. The van der Waals surface area contributed by atoms with Gasteiger partial charge in [-0.25, -0.2) is 0 Å². The van der Waals surface area contributed by atoms with Crippen molar-refractivity contribution in [1.29, 1.82) is 0 Å². The minimum atomic E-state index is -0.0878. The van der Waals surface area contributed by atoms with Crippen LogP contribution in [0.3, 0.4) is 0 Å². The van der Waals surface area contributed by atoms with Gasteiger partial charge >= 0.3 is 0 Å². The minimum Gasteiger partial charge on any atom is -0.508 e. The van der Waals surface area contributed by atoms with E-state index < -0.39 is 0 Å². The van der Waals surface area contributed by atoms with Crippen molar-refractivity contribution < 1.29 is 14.7 Å². The highest BCUT2D eigenvalue weighted by atomic mass is 16.3. The lowest BCUT2D eigenvalue weighted by molar-refractivity contribution is -0.128. The molecule has 4 heteroatoms. The summed E-state index contributed by atoms with van der Waals surface area (Å²) in [6.07, 6.45) is 0.411. The summed E-state index contributed by atoms with van der Waals surface area (Å²) >= 11 is 0. The van der Waals surface area contributed by atoms with Crippen LogP contribution in [0, 0.1) is 0 Å². The fourth-order valence-corrected chi connectivity index (χ4v) is 1.24. The van der Waals surface area contributed by atoms with Crippen molar-refractivity contribution in [2.45, 2.75) is 12.8 Å². The molecule has 0 aliphatic rings. The lowest BCUT2D eigenvalue weighted by Gasteiger charge is -2.09. The summed E-state index contributed by atoms with van der Waals surface area (Å²) in [5.74, 6) is -0.0248. The fourth-order valence-electron chi connectivity index (χ4n) is 1.24. The van der Waals surface area contributed by atoms with Gasteiger partial charge in [0.25, 0.3) is 0 Å². The SMILES string of the molecule is CN(C)C(=O)CCC(=O)c1ccc(O)cc1. The molecule has 0 unspecified atom stereocenters. The van der Waals surface area contributed by atoms with E-state index in [1.165, 1.54) is 17.0 Å². The normalized spacial score (nSPS) is 9.88. The zero-order valence-electron chi connectivity index (χ0n) is 9.43. The molecule has 0 saturated heterocycles. The molecule has 1 aromatic rings. The van der Waals surface area contributed by atoms with Crippen LogP contribution in [0.2, 0.25) is 0 Å². The smallest absolute Gasteiger partial charge is 0.222 e. The number of aromatic hydroxyl groups is 1. The highest BCUT2D eigenvalue weighted by Gasteiger charge is 2.10. The number of benzene rings is 1. The molecule has 1 aromatic carbocycles. The van der Waals surface area contributed by atoms with E-state index >= 15 is 0 Å². The molecular weight excluding hydrogens is 206 g/mol. The number of ketones is 1. The number of hydrogen-bond donors (Lipinski definition) is 1. The first kappa shape index (κ1) is 12.2. The van der Waals surface area contributed by atoms with Crippen LogP contribution in [0.4, 0.5) is 0 Å². The average Bonchev–Trinajstić information content (AvgIpc) is 2.26. The van der Waals surface area contributed by atoms with Gasteiger partial charge in [-0.1, -0.05) is 0 Å². The lowest BCUT2D eigenvalue weighted by Crippen LogP contribution is -2.22. The number of phenolic OH excluding ortho intramolecular Hbond substituents is 1. The Kier molecular flexibility index (Phi) is 4.05. The Morgan fingerprint density at radius 1 is 1.12 bits per heavy atom. The van der Waals surface area contributed by atoms with E-state index in [1.807, 2.05) is 0 Å². The molecule has 16 heavy (non-hydrogen) atoms. The van der Waals surface area contributed by atoms with Crippen molar-refractivity contribution in [2.24, 2.45) is 0 Å². The van der Waals surface area contributed by atoms with Crippen molar-refractivity contribution in [3.8, 4) is 5.75 Å². The Morgan fingerprint density at radius 2 is 1.69 bits per heavy atom. The summed E-state index contributed by atoms with van der Waals surface area (Å²) in [7, 11) is 3.32. The minimum absolute atomic E-state index is 0.0628. The standard InChI is InChI=1S/C12H15NO3/c1-13(2)12(16)8-7-11(15)9-3-5-10(14)6-4-9/h3-6,14H,7-8H2,1-2H3. The molecule has 0 radical (unpaired) electrons. The largest absolute Gasteiger partial charge is 0.508 e. The Hall–Kier alpha value is -1.84. The molecule has 0 spiro atoms. The summed E-state index contributed by atoms with van der Waals surface area (Å²) in [5.41, 5.74) is 0.518. The first-order valence-corrected chi connectivity index (χ1v) is 5.03. The third-order valence-corrected chi connectivity index (χ3v) is 2.25. The second kappa shape index (κ2) is 5.30. The quantitative estimate of drug-likeness (QED) is 0.783. The molecule has 0 atom stereocenters. The molecule has 0 saturated carbocycles. The molecule has 0 fully saturated rings. The first-order valence-electron chi connectivity index (χ1n) is 5.03. The van der Waals surface area contributed by atoms with Gasteiger partial charge in [0.1, 0.15) is 5.75 Å². The molecule has 0 aliphatic heterocycles. The third kappa shape index (κ3) is 3.38. The van der Waals surface area contributed by atoms with Gasteiger partial charge in [-0.05, 0) is 24.3 Å². The van der Waals surface area contributed by atoms with E-state index in [0.29, 0.717) is 5.56 Å². The number of nitrogens with zero attached hydrogens (tertiary/aromatic N) is 1. The second-order valence-corrected chi connectivity index (χ2v) is 3.76. The second-order valence-electron chi connectivity index (χ2n) is 3.76. The van der Waals surface area contributed by atoms with E-state index in [2.05, 4.69) is 0 Å². The number of Topliss-reactive ketones (excluding diaryl/α,β-unsaturated/α-hetero) is 1. The molecule has 0 heterocycles. The molecule has 1 N–H and O–H groups in total. The van der Waals surface area contributed by atoms with E-state index in [9.17, 15) is 9.59 Å². The summed E-state index contributed by atoms with van der Waals surface area (Å²) in [6, 6.07) is 6.03. The van der Waals surface area contributed by atoms with E-state index in [0.717, 1.165) is 0 Å². The van der Waals surface area contributed by atoms with Crippen LogP contribution in [0.25, 0.3) is 0 Å². The number of carbonyl (C=O) groups is 2. The van der Waals surface area contributed by atoms with Gasteiger partial charge in [0, 0.05) is 32.5 Å². The van der Waals surface area contributed by atoms with Crippen LogP contribution in [0.5, 0.6) is 5.75 Å². The zero-order chi connectivity index (χ0) is 12.1. The van der Waals surface area contributed by atoms with E-state index in [-0.39, 0.29) is 30.3 Å².